The Labute approximate surface area is 214 Å². The highest BCUT2D eigenvalue weighted by Crippen LogP contribution is 2.37. The van der Waals surface area contributed by atoms with Crippen molar-refractivity contribution < 1.29 is 14.0 Å². The molecule has 0 bridgehead atoms. The van der Waals surface area contributed by atoms with Gasteiger partial charge in [-0.05, 0) is 115 Å². The van der Waals surface area contributed by atoms with Gasteiger partial charge in [0.2, 0.25) is 0 Å². The molecule has 1 heterocycles. The molecule has 1 aliphatic rings. The fourth-order valence-corrected chi connectivity index (χ4v) is 6.53. The van der Waals surface area contributed by atoms with Crippen LogP contribution in [0.15, 0.2) is 24.3 Å². The van der Waals surface area contributed by atoms with Crippen LogP contribution >= 0.6 is 0 Å². The second kappa shape index (κ2) is 10.1. The lowest BCUT2D eigenvalue weighted by Crippen LogP contribution is -2.58. The molecule has 4 heteroatoms. The lowest BCUT2D eigenvalue weighted by Gasteiger charge is -2.47. The smallest absolute Gasteiger partial charge is 0.139 e. The molecule has 0 atom stereocenters. The van der Waals surface area contributed by atoms with Crippen LogP contribution in [0.25, 0.3) is 0 Å². The highest BCUT2D eigenvalue weighted by Gasteiger charge is 2.38. The maximum Gasteiger partial charge on any atom is 0.139 e. The van der Waals surface area contributed by atoms with E-state index in [2.05, 4.69) is 99.1 Å². The van der Waals surface area contributed by atoms with Gasteiger partial charge in [-0.1, -0.05) is 11.6 Å². The first-order valence-electron chi connectivity index (χ1n) is 13.1. The molecule has 194 valence electrons. The molecular weight excluding hydrogens is 432 g/mol. The highest BCUT2D eigenvalue weighted by atomic mass is 16.5. The van der Waals surface area contributed by atoms with Crippen LogP contribution in [0.3, 0.4) is 0 Å². The van der Waals surface area contributed by atoms with Crippen LogP contribution in [0.4, 0.5) is 0 Å². The molecule has 35 heavy (non-hydrogen) atoms. The van der Waals surface area contributed by atoms with E-state index in [0.29, 0.717) is 0 Å². The number of benzene rings is 2. The molecule has 0 spiro atoms. The van der Waals surface area contributed by atoms with Crippen molar-refractivity contribution in [1.29, 1.82) is 0 Å². The van der Waals surface area contributed by atoms with Gasteiger partial charge in [0.15, 0.2) is 0 Å². The summed E-state index contributed by atoms with van der Waals surface area (Å²) in [7, 11) is 6.45. The fraction of sp³-hybridized carbons (Fsp3) is 0.613. The van der Waals surface area contributed by atoms with Crippen molar-refractivity contribution in [1.82, 2.24) is 5.32 Å². The predicted octanol–water partition coefficient (Wildman–Crippen LogP) is 7.24. The Morgan fingerprint density at radius 2 is 1.40 bits per heavy atom. The second-order valence-electron chi connectivity index (χ2n) is 13.0. The Bertz CT molecular complexity index is 1010. The number of aryl methyl sites for hydroxylation is 4. The van der Waals surface area contributed by atoms with Gasteiger partial charge in [-0.25, -0.2) is 0 Å². The molecule has 2 aromatic rings. The van der Waals surface area contributed by atoms with Crippen molar-refractivity contribution in [3.8, 4) is 17.2 Å². The SMILES string of the molecule is COc1c(C)cc(Oc2c(C)cc(C)cc2C[N+](C)(C)CCC2CC(C)(C)NC(C)(C)C2)cc1C. The minimum Gasteiger partial charge on any atom is -0.496 e. The molecule has 0 aromatic heterocycles. The van der Waals surface area contributed by atoms with E-state index in [1.165, 1.54) is 36.0 Å². The van der Waals surface area contributed by atoms with Crippen LogP contribution in [-0.4, -0.2) is 43.3 Å². The van der Waals surface area contributed by atoms with Crippen molar-refractivity contribution in [3.63, 3.8) is 0 Å². The van der Waals surface area contributed by atoms with Crippen molar-refractivity contribution in [2.75, 3.05) is 27.7 Å². The maximum atomic E-state index is 6.58. The topological polar surface area (TPSA) is 30.5 Å². The van der Waals surface area contributed by atoms with Crippen LogP contribution < -0.4 is 14.8 Å². The van der Waals surface area contributed by atoms with Gasteiger partial charge in [0, 0.05) is 16.6 Å². The monoisotopic (exact) mass is 481 g/mol. The summed E-state index contributed by atoms with van der Waals surface area (Å²) in [5.41, 5.74) is 6.35. The van der Waals surface area contributed by atoms with Gasteiger partial charge in [0.25, 0.3) is 0 Å². The molecule has 0 radical (unpaired) electrons. The average Bonchev–Trinajstić information content (AvgIpc) is 2.66. The Balaban J connectivity index is 1.79. The number of quaternary nitrogens is 1. The molecular formula is C31H49N2O2+. The summed E-state index contributed by atoms with van der Waals surface area (Å²) < 4.78 is 13.1. The quantitative estimate of drug-likeness (QED) is 0.403. The summed E-state index contributed by atoms with van der Waals surface area (Å²) in [4.78, 5) is 0. The highest BCUT2D eigenvalue weighted by molar-refractivity contribution is 5.50. The summed E-state index contributed by atoms with van der Waals surface area (Å²) in [5.74, 6) is 3.55. The number of nitrogens with one attached hydrogen (secondary N) is 1. The standard InChI is InChI=1S/C31H49N2O2/c1-21-14-22(2)29(35-27-16-23(3)28(34-11)24(4)17-27)26(15-21)20-33(9,10)13-12-25-18-30(5,6)32-31(7,8)19-25/h14-17,25,32H,12-13,18-20H2,1-11H3/q+1. The van der Waals surface area contributed by atoms with Gasteiger partial charge >= 0.3 is 0 Å². The van der Waals surface area contributed by atoms with Crippen LogP contribution in [0.1, 0.15) is 74.8 Å². The Hall–Kier alpha value is -2.04. The van der Waals surface area contributed by atoms with Gasteiger partial charge in [0.1, 0.15) is 23.8 Å². The van der Waals surface area contributed by atoms with Crippen molar-refractivity contribution in [2.24, 2.45) is 5.92 Å². The minimum absolute atomic E-state index is 0.201. The summed E-state index contributed by atoms with van der Waals surface area (Å²) in [6, 6.07) is 8.69. The first-order chi connectivity index (χ1) is 16.1. The van der Waals surface area contributed by atoms with E-state index in [9.17, 15) is 0 Å². The molecule has 1 N–H and O–H groups in total. The molecule has 3 rings (SSSR count). The van der Waals surface area contributed by atoms with Crippen LogP contribution in [-0.2, 0) is 6.54 Å². The fourth-order valence-electron chi connectivity index (χ4n) is 6.53. The Kier molecular flexibility index (Phi) is 7.98. The van der Waals surface area contributed by atoms with Gasteiger partial charge in [-0.3, -0.25) is 0 Å². The zero-order chi connectivity index (χ0) is 26.2. The number of hydrogen-bond donors (Lipinski definition) is 1. The van der Waals surface area contributed by atoms with Crippen molar-refractivity contribution >= 4 is 0 Å². The van der Waals surface area contributed by atoms with E-state index in [-0.39, 0.29) is 11.1 Å². The second-order valence-corrected chi connectivity index (χ2v) is 13.0. The average molecular weight is 482 g/mol. The summed E-state index contributed by atoms with van der Waals surface area (Å²) in [6.07, 6.45) is 3.73. The van der Waals surface area contributed by atoms with E-state index in [1.807, 2.05) is 0 Å². The van der Waals surface area contributed by atoms with Gasteiger partial charge in [0.05, 0.1) is 27.7 Å². The third-order valence-corrected chi connectivity index (χ3v) is 7.37. The van der Waals surface area contributed by atoms with Crippen LogP contribution in [0.2, 0.25) is 0 Å². The van der Waals surface area contributed by atoms with E-state index in [0.717, 1.165) is 51.9 Å². The van der Waals surface area contributed by atoms with Crippen LogP contribution in [0, 0.1) is 33.6 Å². The van der Waals surface area contributed by atoms with E-state index in [1.54, 1.807) is 7.11 Å². The summed E-state index contributed by atoms with van der Waals surface area (Å²) in [6.45, 7) is 20.0. The van der Waals surface area contributed by atoms with Gasteiger partial charge in [-0.2, -0.15) is 0 Å². The lowest BCUT2D eigenvalue weighted by atomic mass is 9.74. The van der Waals surface area contributed by atoms with Gasteiger partial charge < -0.3 is 19.3 Å². The zero-order valence-electron chi connectivity index (χ0n) is 24.2. The maximum absolute atomic E-state index is 6.58. The molecule has 2 aromatic carbocycles. The van der Waals surface area contributed by atoms with Crippen molar-refractivity contribution in [3.05, 3.63) is 52.1 Å². The normalized spacial score (nSPS) is 17.9. The number of ether oxygens (including phenoxy) is 2. The third-order valence-electron chi connectivity index (χ3n) is 7.37. The zero-order valence-corrected chi connectivity index (χ0v) is 24.2. The van der Waals surface area contributed by atoms with E-state index in [4.69, 9.17) is 9.47 Å². The molecule has 0 saturated carbocycles. The molecule has 1 fully saturated rings. The minimum atomic E-state index is 0.201. The number of rotatable bonds is 8. The molecule has 1 aliphatic heterocycles. The molecule has 4 nitrogen and oxygen atoms in total. The number of nitrogens with zero attached hydrogens (tertiary/aromatic N) is 1. The number of methoxy groups -OCH3 is 1. The van der Waals surface area contributed by atoms with Crippen LogP contribution in [0.5, 0.6) is 17.2 Å². The molecule has 0 unspecified atom stereocenters. The number of piperidine rings is 1. The van der Waals surface area contributed by atoms with Gasteiger partial charge in [-0.15, -0.1) is 0 Å². The van der Waals surface area contributed by atoms with E-state index < -0.39 is 0 Å². The van der Waals surface area contributed by atoms with E-state index >= 15 is 0 Å². The lowest BCUT2D eigenvalue weighted by molar-refractivity contribution is -0.904. The first-order valence-corrected chi connectivity index (χ1v) is 13.1. The number of hydrogen-bond acceptors (Lipinski definition) is 3. The Morgan fingerprint density at radius 1 is 0.857 bits per heavy atom. The third kappa shape index (κ3) is 7.24. The summed E-state index contributed by atoms with van der Waals surface area (Å²) in [5, 5.41) is 3.83. The largest absolute Gasteiger partial charge is 0.496 e. The molecule has 1 saturated heterocycles. The van der Waals surface area contributed by atoms with Crippen molar-refractivity contribution in [2.45, 2.75) is 92.3 Å². The molecule has 0 amide bonds. The predicted molar refractivity (Wildman–Crippen MR) is 148 cm³/mol. The first kappa shape index (κ1) is 27.5. The summed E-state index contributed by atoms with van der Waals surface area (Å²) >= 11 is 0. The Morgan fingerprint density at radius 3 is 1.94 bits per heavy atom. The molecule has 0 aliphatic carbocycles.